The number of thioether (sulfide) groups is 1. The van der Waals surface area contributed by atoms with Crippen LogP contribution in [0, 0.1) is 6.92 Å². The molecule has 0 radical (unpaired) electrons. The Labute approximate surface area is 181 Å². The van der Waals surface area contributed by atoms with Gasteiger partial charge >= 0.3 is 0 Å². The van der Waals surface area contributed by atoms with Gasteiger partial charge < -0.3 is 9.84 Å². The minimum atomic E-state index is -0.612. The molecule has 30 heavy (non-hydrogen) atoms. The highest BCUT2D eigenvalue weighted by atomic mass is 32.2. The highest BCUT2D eigenvalue weighted by Gasteiger charge is 2.17. The minimum Gasteiger partial charge on any atom is -0.390 e. The summed E-state index contributed by atoms with van der Waals surface area (Å²) < 4.78 is 6.18. The first-order valence-corrected chi connectivity index (χ1v) is 10.9. The number of fused-ring (bicyclic) bond motifs is 1. The fourth-order valence-electron chi connectivity index (χ4n) is 3.34. The van der Waals surface area contributed by atoms with Gasteiger partial charge in [0.15, 0.2) is 0 Å². The van der Waals surface area contributed by atoms with Gasteiger partial charge in [0.25, 0.3) is 0 Å². The lowest BCUT2D eigenvalue weighted by Gasteiger charge is -2.21. The van der Waals surface area contributed by atoms with Gasteiger partial charge in [0, 0.05) is 11.1 Å². The third-order valence-electron chi connectivity index (χ3n) is 4.75. The van der Waals surface area contributed by atoms with Crippen LogP contribution in [0.5, 0.6) is 0 Å². The number of hydrogen-bond acceptors (Lipinski definition) is 5. The van der Waals surface area contributed by atoms with Crippen molar-refractivity contribution in [3.8, 4) is 0 Å². The molecular formula is C25H24N2O2S. The highest BCUT2D eigenvalue weighted by Crippen LogP contribution is 2.28. The molecule has 0 aliphatic carbocycles. The molecule has 0 spiro atoms. The minimum absolute atomic E-state index is 0.214. The second-order valence-electron chi connectivity index (χ2n) is 7.09. The van der Waals surface area contributed by atoms with Gasteiger partial charge in [0.05, 0.1) is 18.2 Å². The van der Waals surface area contributed by atoms with Crippen molar-refractivity contribution in [2.75, 3.05) is 12.4 Å². The third kappa shape index (κ3) is 5.05. The Morgan fingerprint density at radius 1 is 0.833 bits per heavy atom. The van der Waals surface area contributed by atoms with Gasteiger partial charge in [0.2, 0.25) is 0 Å². The second-order valence-corrected chi connectivity index (χ2v) is 8.10. The van der Waals surface area contributed by atoms with Gasteiger partial charge in [-0.25, -0.2) is 9.97 Å². The van der Waals surface area contributed by atoms with Crippen molar-refractivity contribution < 1.29 is 9.84 Å². The number of aryl methyl sites for hydroxylation is 1. The number of aromatic nitrogens is 2. The fraction of sp³-hybridized carbons (Fsp3) is 0.200. The monoisotopic (exact) mass is 416 g/mol. The number of ether oxygens (including phenoxy) is 1. The molecule has 0 unspecified atom stereocenters. The second kappa shape index (κ2) is 9.85. The first kappa shape index (κ1) is 20.5. The molecule has 1 atom stereocenters. The van der Waals surface area contributed by atoms with Crippen molar-refractivity contribution >= 4 is 22.7 Å². The van der Waals surface area contributed by atoms with Gasteiger partial charge in [-0.15, -0.1) is 11.8 Å². The van der Waals surface area contributed by atoms with Gasteiger partial charge in [-0.2, -0.15) is 0 Å². The van der Waals surface area contributed by atoms with Crippen LogP contribution in [0.25, 0.3) is 10.9 Å². The lowest BCUT2D eigenvalue weighted by atomic mass is 10.0. The quantitative estimate of drug-likeness (QED) is 0.316. The lowest BCUT2D eigenvalue weighted by Crippen LogP contribution is -2.20. The molecule has 0 fully saturated rings. The molecule has 1 heterocycles. The summed E-state index contributed by atoms with van der Waals surface area (Å²) >= 11 is 1.53. The molecule has 0 amide bonds. The number of hydrogen-bond donors (Lipinski definition) is 1. The average Bonchev–Trinajstić information content (AvgIpc) is 2.79. The SMILES string of the molecule is Cc1nc(SC[C@@H](O)COC(c2ccccc2)c2ccccc2)c2ccccc2n1. The summed E-state index contributed by atoms with van der Waals surface area (Å²) in [4.78, 5) is 9.04. The van der Waals surface area contributed by atoms with Crippen molar-refractivity contribution in [3.63, 3.8) is 0 Å². The Hall–Kier alpha value is -2.73. The maximum Gasteiger partial charge on any atom is 0.127 e. The van der Waals surface area contributed by atoms with Crippen molar-refractivity contribution in [1.29, 1.82) is 0 Å². The summed E-state index contributed by atoms with van der Waals surface area (Å²) in [5.41, 5.74) is 3.06. The van der Waals surface area contributed by atoms with E-state index < -0.39 is 6.10 Å². The smallest absolute Gasteiger partial charge is 0.127 e. The van der Waals surface area contributed by atoms with E-state index in [4.69, 9.17) is 4.74 Å². The topological polar surface area (TPSA) is 55.2 Å². The molecule has 0 aliphatic heterocycles. The first-order chi connectivity index (χ1) is 14.7. The molecule has 4 aromatic rings. The standard InChI is InChI=1S/C25H24N2O2S/c1-18-26-23-15-9-8-14-22(23)25(27-18)30-17-21(28)16-29-24(19-10-4-2-5-11-19)20-12-6-3-7-13-20/h2-15,21,24,28H,16-17H2,1H3/t21-/m0/s1. The van der Waals surface area contributed by atoms with Crippen LogP contribution in [0.3, 0.4) is 0 Å². The molecule has 4 rings (SSSR count). The van der Waals surface area contributed by atoms with E-state index in [0.717, 1.165) is 32.9 Å². The number of para-hydroxylation sites is 1. The zero-order valence-electron chi connectivity index (χ0n) is 16.8. The van der Waals surface area contributed by atoms with Crippen LogP contribution in [-0.4, -0.2) is 33.5 Å². The maximum absolute atomic E-state index is 10.6. The van der Waals surface area contributed by atoms with Crippen molar-refractivity contribution in [2.24, 2.45) is 0 Å². The molecule has 0 bridgehead atoms. The fourth-order valence-corrected chi connectivity index (χ4v) is 4.31. The first-order valence-electron chi connectivity index (χ1n) is 9.96. The lowest BCUT2D eigenvalue weighted by molar-refractivity contribution is 0.0155. The number of benzene rings is 3. The molecule has 3 aromatic carbocycles. The zero-order valence-corrected chi connectivity index (χ0v) is 17.6. The third-order valence-corrected chi connectivity index (χ3v) is 5.89. The Bertz CT molecular complexity index is 1050. The molecule has 152 valence electrons. The molecule has 0 saturated carbocycles. The number of aliphatic hydroxyl groups is 1. The predicted octanol–water partition coefficient (Wildman–Crippen LogP) is 5.20. The van der Waals surface area contributed by atoms with Crippen LogP contribution in [-0.2, 0) is 4.74 Å². The molecule has 1 N–H and O–H groups in total. The molecule has 1 aromatic heterocycles. The van der Waals surface area contributed by atoms with Crippen molar-refractivity contribution in [3.05, 3.63) is 102 Å². The van der Waals surface area contributed by atoms with Gasteiger partial charge in [0.1, 0.15) is 17.0 Å². The van der Waals surface area contributed by atoms with E-state index >= 15 is 0 Å². The van der Waals surface area contributed by atoms with E-state index in [1.807, 2.05) is 67.6 Å². The molecule has 5 heteroatoms. The zero-order chi connectivity index (χ0) is 20.8. The van der Waals surface area contributed by atoms with Gasteiger partial charge in [-0.1, -0.05) is 78.9 Å². The van der Waals surface area contributed by atoms with E-state index in [1.54, 1.807) is 0 Å². The molecular weight excluding hydrogens is 392 g/mol. The largest absolute Gasteiger partial charge is 0.390 e. The number of nitrogens with zero attached hydrogens (tertiary/aromatic N) is 2. The number of aliphatic hydroxyl groups excluding tert-OH is 1. The Morgan fingerprint density at radius 2 is 1.43 bits per heavy atom. The summed E-state index contributed by atoms with van der Waals surface area (Å²) in [7, 11) is 0. The normalized spacial score (nSPS) is 12.4. The van der Waals surface area contributed by atoms with Gasteiger partial charge in [-0.05, 0) is 24.1 Å². The molecule has 4 nitrogen and oxygen atoms in total. The van der Waals surface area contributed by atoms with E-state index in [-0.39, 0.29) is 12.7 Å². The molecule has 0 aliphatic rings. The average molecular weight is 417 g/mol. The summed E-state index contributed by atoms with van der Waals surface area (Å²) in [6.07, 6.45) is -0.826. The van der Waals surface area contributed by atoms with Crippen LogP contribution in [0.15, 0.2) is 90.0 Å². The van der Waals surface area contributed by atoms with E-state index in [1.165, 1.54) is 11.8 Å². The van der Waals surface area contributed by atoms with Crippen LogP contribution in [0.1, 0.15) is 23.1 Å². The van der Waals surface area contributed by atoms with Crippen molar-refractivity contribution in [1.82, 2.24) is 9.97 Å². The maximum atomic E-state index is 10.6. The Morgan fingerprint density at radius 3 is 2.10 bits per heavy atom. The molecule has 0 saturated heterocycles. The van der Waals surface area contributed by atoms with Crippen LogP contribution in [0.2, 0.25) is 0 Å². The van der Waals surface area contributed by atoms with Gasteiger partial charge in [-0.3, -0.25) is 0 Å². The van der Waals surface area contributed by atoms with Crippen LogP contribution >= 0.6 is 11.8 Å². The summed E-state index contributed by atoms with van der Waals surface area (Å²) in [5, 5.41) is 12.5. The Kier molecular flexibility index (Phi) is 6.74. The summed E-state index contributed by atoms with van der Waals surface area (Å²) in [6, 6.07) is 28.1. The highest BCUT2D eigenvalue weighted by molar-refractivity contribution is 7.99. The van der Waals surface area contributed by atoms with E-state index in [2.05, 4.69) is 34.2 Å². The van der Waals surface area contributed by atoms with Crippen molar-refractivity contribution in [2.45, 2.75) is 24.2 Å². The summed E-state index contributed by atoms with van der Waals surface area (Å²) in [6.45, 7) is 2.13. The predicted molar refractivity (Wildman–Crippen MR) is 122 cm³/mol. The summed E-state index contributed by atoms with van der Waals surface area (Å²) in [5.74, 6) is 1.23. The number of rotatable bonds is 8. The Balaban J connectivity index is 1.43. The van der Waals surface area contributed by atoms with Crippen LogP contribution in [0.4, 0.5) is 0 Å². The van der Waals surface area contributed by atoms with E-state index in [0.29, 0.717) is 5.75 Å². The van der Waals surface area contributed by atoms with Crippen LogP contribution < -0.4 is 0 Å². The van der Waals surface area contributed by atoms with E-state index in [9.17, 15) is 5.11 Å².